The van der Waals surface area contributed by atoms with Crippen molar-refractivity contribution in [3.63, 3.8) is 0 Å². The Morgan fingerprint density at radius 2 is 2.35 bits per heavy atom. The highest BCUT2D eigenvalue weighted by atomic mass is 32.1. The van der Waals surface area contributed by atoms with E-state index < -0.39 is 5.97 Å². The molecule has 0 radical (unpaired) electrons. The quantitative estimate of drug-likeness (QED) is 0.896. The molecule has 0 saturated carbocycles. The largest absolute Gasteiger partial charge is 0.479 e. The first-order valence-electron chi connectivity index (χ1n) is 4.87. The topological polar surface area (TPSA) is 72.3 Å². The number of aromatic nitrogens is 2. The minimum Gasteiger partial charge on any atom is -0.479 e. The van der Waals surface area contributed by atoms with Gasteiger partial charge >= 0.3 is 5.97 Å². The molecule has 0 fully saturated rings. The fraction of sp³-hybridized carbons (Fsp3) is 0.182. The molecule has 0 aliphatic rings. The molecule has 2 rings (SSSR count). The molecule has 0 aliphatic heterocycles. The lowest BCUT2D eigenvalue weighted by Crippen LogP contribution is -2.06. The van der Waals surface area contributed by atoms with E-state index in [2.05, 4.69) is 10.2 Å². The van der Waals surface area contributed by atoms with Crippen LogP contribution in [-0.4, -0.2) is 28.4 Å². The molecule has 2 aromatic heterocycles. The second-order valence-electron chi connectivity index (χ2n) is 3.32. The first kappa shape index (κ1) is 11.5. The number of carbonyl (C=O) groups is 1. The molecule has 17 heavy (non-hydrogen) atoms. The van der Waals surface area contributed by atoms with Crippen molar-refractivity contribution in [1.82, 2.24) is 10.2 Å². The highest BCUT2D eigenvalue weighted by Gasteiger charge is 2.14. The average molecular weight is 250 g/mol. The Bertz CT molecular complexity index is 526. The summed E-state index contributed by atoms with van der Waals surface area (Å²) in [6.45, 7) is 0. The lowest BCUT2D eigenvalue weighted by atomic mass is 10.2. The Balaban J connectivity index is 2.30. The van der Waals surface area contributed by atoms with Crippen molar-refractivity contribution in [1.29, 1.82) is 0 Å². The van der Waals surface area contributed by atoms with Crippen LogP contribution >= 0.6 is 11.3 Å². The Labute approximate surface area is 102 Å². The molecule has 6 heteroatoms. The third-order valence-corrected chi connectivity index (χ3v) is 3.05. The van der Waals surface area contributed by atoms with Gasteiger partial charge in [0.2, 0.25) is 5.88 Å². The molecule has 0 spiro atoms. The molecule has 0 unspecified atom stereocenters. The normalized spacial score (nSPS) is 10.2. The SMILES string of the molecule is COc1nnc(Cc2cccs2)cc1C(=O)O. The maximum Gasteiger partial charge on any atom is 0.341 e. The fourth-order valence-corrected chi connectivity index (χ4v) is 2.12. The minimum absolute atomic E-state index is 0.0347. The maximum atomic E-state index is 11.0. The average Bonchev–Trinajstić information content (AvgIpc) is 2.81. The molecule has 0 atom stereocenters. The van der Waals surface area contributed by atoms with Gasteiger partial charge in [0.25, 0.3) is 0 Å². The van der Waals surface area contributed by atoms with Crippen LogP contribution in [0.25, 0.3) is 0 Å². The molecule has 0 saturated heterocycles. The molecule has 2 heterocycles. The Morgan fingerprint density at radius 1 is 1.53 bits per heavy atom. The number of methoxy groups -OCH3 is 1. The predicted octanol–water partition coefficient (Wildman–Crippen LogP) is 1.84. The van der Waals surface area contributed by atoms with Gasteiger partial charge in [-0.15, -0.1) is 16.4 Å². The molecule has 0 aromatic carbocycles. The number of hydrogen-bond acceptors (Lipinski definition) is 5. The number of nitrogens with zero attached hydrogens (tertiary/aromatic N) is 2. The van der Waals surface area contributed by atoms with Crippen molar-refractivity contribution in [3.8, 4) is 5.88 Å². The number of rotatable bonds is 4. The smallest absolute Gasteiger partial charge is 0.341 e. The van der Waals surface area contributed by atoms with Gasteiger partial charge in [0.15, 0.2) is 0 Å². The molecule has 88 valence electrons. The molecular weight excluding hydrogens is 240 g/mol. The van der Waals surface area contributed by atoms with Gasteiger partial charge in [0, 0.05) is 11.3 Å². The fourth-order valence-electron chi connectivity index (χ4n) is 1.40. The van der Waals surface area contributed by atoms with Gasteiger partial charge in [-0.3, -0.25) is 0 Å². The van der Waals surface area contributed by atoms with E-state index in [9.17, 15) is 4.79 Å². The summed E-state index contributed by atoms with van der Waals surface area (Å²) in [6, 6.07) is 5.40. The van der Waals surface area contributed by atoms with E-state index in [-0.39, 0.29) is 11.4 Å². The third-order valence-electron chi connectivity index (χ3n) is 2.17. The Kier molecular flexibility index (Phi) is 3.34. The number of carboxylic acids is 1. The van der Waals surface area contributed by atoms with Crippen molar-refractivity contribution >= 4 is 17.3 Å². The highest BCUT2D eigenvalue weighted by molar-refractivity contribution is 7.09. The number of carboxylic acid groups (broad SMARTS) is 1. The van der Waals surface area contributed by atoms with Crippen molar-refractivity contribution < 1.29 is 14.6 Å². The molecular formula is C11H10N2O3S. The second-order valence-corrected chi connectivity index (χ2v) is 4.35. The van der Waals surface area contributed by atoms with Crippen LogP contribution in [0.5, 0.6) is 5.88 Å². The summed E-state index contributed by atoms with van der Waals surface area (Å²) < 4.78 is 4.84. The molecule has 0 amide bonds. The molecule has 0 bridgehead atoms. The highest BCUT2D eigenvalue weighted by Crippen LogP contribution is 2.18. The summed E-state index contributed by atoms with van der Waals surface area (Å²) in [5, 5.41) is 18.7. The van der Waals surface area contributed by atoms with Gasteiger partial charge in [-0.05, 0) is 17.5 Å². The van der Waals surface area contributed by atoms with E-state index in [1.165, 1.54) is 13.2 Å². The lowest BCUT2D eigenvalue weighted by molar-refractivity contribution is 0.0692. The monoisotopic (exact) mass is 250 g/mol. The van der Waals surface area contributed by atoms with Gasteiger partial charge in [0.1, 0.15) is 5.56 Å². The zero-order valence-electron chi connectivity index (χ0n) is 9.08. The van der Waals surface area contributed by atoms with Crippen LogP contribution in [0.1, 0.15) is 20.9 Å². The Hall–Kier alpha value is -1.95. The first-order valence-corrected chi connectivity index (χ1v) is 5.75. The predicted molar refractivity (Wildman–Crippen MR) is 62.7 cm³/mol. The van der Waals surface area contributed by atoms with Crippen LogP contribution in [0.3, 0.4) is 0 Å². The minimum atomic E-state index is -1.07. The van der Waals surface area contributed by atoms with Gasteiger partial charge < -0.3 is 9.84 Å². The van der Waals surface area contributed by atoms with Crippen molar-refractivity contribution in [2.24, 2.45) is 0 Å². The van der Waals surface area contributed by atoms with Crippen molar-refractivity contribution in [2.75, 3.05) is 7.11 Å². The summed E-state index contributed by atoms with van der Waals surface area (Å²) in [4.78, 5) is 12.1. The third kappa shape index (κ3) is 2.59. The van der Waals surface area contributed by atoms with Gasteiger partial charge in [-0.1, -0.05) is 6.07 Å². The molecule has 1 N–H and O–H groups in total. The molecule has 2 aromatic rings. The number of aromatic carboxylic acids is 1. The van der Waals surface area contributed by atoms with Gasteiger partial charge in [-0.25, -0.2) is 4.79 Å². The summed E-state index contributed by atoms with van der Waals surface area (Å²) in [5.41, 5.74) is 0.653. The van der Waals surface area contributed by atoms with Gasteiger partial charge in [-0.2, -0.15) is 5.10 Å². The van der Waals surface area contributed by atoms with Crippen molar-refractivity contribution in [2.45, 2.75) is 6.42 Å². The van der Waals surface area contributed by atoms with Crippen LogP contribution in [-0.2, 0) is 6.42 Å². The van der Waals surface area contributed by atoms with Crippen LogP contribution < -0.4 is 4.74 Å². The van der Waals surface area contributed by atoms with Gasteiger partial charge in [0.05, 0.1) is 12.8 Å². The van der Waals surface area contributed by atoms with E-state index in [1.54, 1.807) is 11.3 Å². The standard InChI is InChI=1S/C11H10N2O3S/c1-16-10-9(11(14)15)6-7(12-13-10)5-8-3-2-4-17-8/h2-4,6H,5H2,1H3,(H,14,15). The van der Waals surface area contributed by atoms with E-state index in [4.69, 9.17) is 9.84 Å². The van der Waals surface area contributed by atoms with E-state index in [0.29, 0.717) is 12.1 Å². The summed E-state index contributed by atoms with van der Waals surface area (Å²) in [5.74, 6) is -1.03. The zero-order valence-corrected chi connectivity index (χ0v) is 9.90. The Morgan fingerprint density at radius 3 is 2.94 bits per heavy atom. The van der Waals surface area contributed by atoms with Crippen molar-refractivity contribution in [3.05, 3.63) is 39.7 Å². The van der Waals surface area contributed by atoms with Crippen LogP contribution in [0.4, 0.5) is 0 Å². The van der Waals surface area contributed by atoms with E-state index >= 15 is 0 Å². The van der Waals surface area contributed by atoms with E-state index in [0.717, 1.165) is 4.88 Å². The second kappa shape index (κ2) is 4.92. The molecule has 5 nitrogen and oxygen atoms in total. The summed E-state index contributed by atoms with van der Waals surface area (Å²) in [7, 11) is 1.37. The number of ether oxygens (including phenoxy) is 1. The number of hydrogen-bond donors (Lipinski definition) is 1. The summed E-state index contributed by atoms with van der Waals surface area (Å²) in [6.07, 6.45) is 0.578. The first-order chi connectivity index (χ1) is 8.20. The van der Waals surface area contributed by atoms with Crippen LogP contribution in [0.15, 0.2) is 23.6 Å². The van der Waals surface area contributed by atoms with Crippen LogP contribution in [0, 0.1) is 0 Å². The zero-order chi connectivity index (χ0) is 12.3. The van der Waals surface area contributed by atoms with E-state index in [1.807, 2.05) is 17.5 Å². The number of thiophene rings is 1. The summed E-state index contributed by atoms with van der Waals surface area (Å²) >= 11 is 1.60. The maximum absolute atomic E-state index is 11.0. The van der Waals surface area contributed by atoms with Crippen LogP contribution in [0.2, 0.25) is 0 Å². The molecule has 0 aliphatic carbocycles. The lowest BCUT2D eigenvalue weighted by Gasteiger charge is -2.04.